The van der Waals surface area contributed by atoms with Crippen molar-refractivity contribution in [2.24, 2.45) is 0 Å². The number of Topliss-reactive ketones (excluding diaryl/α,β-unsaturated/α-hetero) is 1. The molecule has 0 N–H and O–H groups in total. The van der Waals surface area contributed by atoms with Crippen molar-refractivity contribution in [2.45, 2.75) is 32.7 Å². The summed E-state index contributed by atoms with van der Waals surface area (Å²) in [5.41, 5.74) is 4.56. The largest absolute Gasteiger partial charge is 0.361 e. The maximum Gasteiger partial charge on any atom is 0.182 e. The quantitative estimate of drug-likeness (QED) is 0.791. The molecule has 0 bridgehead atoms. The number of fused-ring (bicyclic) bond motifs is 1. The summed E-state index contributed by atoms with van der Waals surface area (Å²) in [7, 11) is 0. The lowest BCUT2D eigenvalue weighted by Gasteiger charge is -2.36. The highest BCUT2D eigenvalue weighted by atomic mass is 16.1. The third-order valence-electron chi connectivity index (χ3n) is 4.35. The van der Waals surface area contributed by atoms with E-state index in [9.17, 15) is 4.79 Å². The zero-order chi connectivity index (χ0) is 14.8. The minimum absolute atomic E-state index is 0.193. The zero-order valence-corrected chi connectivity index (χ0v) is 12.7. The molecule has 0 aromatic heterocycles. The highest BCUT2D eigenvalue weighted by molar-refractivity contribution is 5.99. The average Bonchev–Trinajstić information content (AvgIpc) is 2.51. The SMILES string of the molecule is Cc1ccc(C(=O)CN2c3ccccc3CCC2C)cc1. The first-order valence-corrected chi connectivity index (χ1v) is 7.59. The van der Waals surface area contributed by atoms with E-state index in [0.717, 1.165) is 18.4 Å². The predicted octanol–water partition coefficient (Wildman–Crippen LogP) is 4.02. The second-order valence-electron chi connectivity index (χ2n) is 5.93. The fourth-order valence-electron chi connectivity index (χ4n) is 2.99. The molecule has 0 saturated heterocycles. The van der Waals surface area contributed by atoms with Gasteiger partial charge in [0.05, 0.1) is 6.54 Å². The molecule has 1 heterocycles. The normalized spacial score (nSPS) is 17.4. The van der Waals surface area contributed by atoms with Crippen LogP contribution in [-0.4, -0.2) is 18.4 Å². The van der Waals surface area contributed by atoms with Crippen LogP contribution in [0.4, 0.5) is 5.69 Å². The molecule has 3 rings (SSSR count). The van der Waals surface area contributed by atoms with E-state index in [0.29, 0.717) is 12.6 Å². The fourth-order valence-corrected chi connectivity index (χ4v) is 2.99. The Hall–Kier alpha value is -2.09. The third-order valence-corrected chi connectivity index (χ3v) is 4.35. The van der Waals surface area contributed by atoms with E-state index in [1.54, 1.807) is 0 Å². The Morgan fingerprint density at radius 3 is 2.62 bits per heavy atom. The van der Waals surface area contributed by atoms with Gasteiger partial charge in [0.1, 0.15) is 0 Å². The number of aryl methyl sites for hydroxylation is 2. The minimum Gasteiger partial charge on any atom is -0.361 e. The zero-order valence-electron chi connectivity index (χ0n) is 12.7. The van der Waals surface area contributed by atoms with Crippen molar-refractivity contribution in [2.75, 3.05) is 11.4 Å². The first-order chi connectivity index (χ1) is 10.1. The summed E-state index contributed by atoms with van der Waals surface area (Å²) < 4.78 is 0. The lowest BCUT2D eigenvalue weighted by molar-refractivity contribution is 0.0996. The van der Waals surface area contributed by atoms with Gasteiger partial charge in [-0.25, -0.2) is 0 Å². The molecule has 108 valence electrons. The van der Waals surface area contributed by atoms with Gasteiger partial charge in [0, 0.05) is 17.3 Å². The van der Waals surface area contributed by atoms with Crippen LogP contribution in [-0.2, 0) is 6.42 Å². The standard InChI is InChI=1S/C19H21NO/c1-14-7-10-17(11-8-14)19(21)13-20-15(2)9-12-16-5-3-4-6-18(16)20/h3-8,10-11,15H,9,12-13H2,1-2H3. The molecule has 2 heteroatoms. The second kappa shape index (κ2) is 5.72. The van der Waals surface area contributed by atoms with Gasteiger partial charge in [-0.15, -0.1) is 0 Å². The van der Waals surface area contributed by atoms with Crippen molar-refractivity contribution in [3.8, 4) is 0 Å². The number of hydrogen-bond donors (Lipinski definition) is 0. The molecule has 1 atom stereocenters. The van der Waals surface area contributed by atoms with Gasteiger partial charge in [-0.2, -0.15) is 0 Å². The number of para-hydroxylation sites is 1. The number of carbonyl (C=O) groups excluding carboxylic acids is 1. The van der Waals surface area contributed by atoms with Crippen molar-refractivity contribution in [3.05, 3.63) is 65.2 Å². The summed E-state index contributed by atoms with van der Waals surface area (Å²) in [6.07, 6.45) is 2.21. The maximum absolute atomic E-state index is 12.5. The van der Waals surface area contributed by atoms with Crippen LogP contribution in [0.1, 0.15) is 34.8 Å². The first kappa shape index (κ1) is 13.9. The molecule has 2 aromatic carbocycles. The van der Waals surface area contributed by atoms with Crippen LogP contribution in [0.2, 0.25) is 0 Å². The summed E-state index contributed by atoms with van der Waals surface area (Å²) in [4.78, 5) is 14.8. The Morgan fingerprint density at radius 2 is 1.86 bits per heavy atom. The van der Waals surface area contributed by atoms with E-state index < -0.39 is 0 Å². The molecule has 0 spiro atoms. The van der Waals surface area contributed by atoms with Crippen LogP contribution in [0.25, 0.3) is 0 Å². The van der Waals surface area contributed by atoms with Crippen LogP contribution in [0.5, 0.6) is 0 Å². The van der Waals surface area contributed by atoms with E-state index in [2.05, 4.69) is 36.1 Å². The Balaban J connectivity index is 1.84. The van der Waals surface area contributed by atoms with Crippen molar-refractivity contribution in [1.29, 1.82) is 0 Å². The number of rotatable bonds is 3. The second-order valence-corrected chi connectivity index (χ2v) is 5.93. The van der Waals surface area contributed by atoms with Crippen LogP contribution in [0.3, 0.4) is 0 Å². The van der Waals surface area contributed by atoms with Crippen LogP contribution in [0, 0.1) is 6.92 Å². The van der Waals surface area contributed by atoms with E-state index in [4.69, 9.17) is 0 Å². The first-order valence-electron chi connectivity index (χ1n) is 7.59. The molecule has 21 heavy (non-hydrogen) atoms. The Labute approximate surface area is 126 Å². The molecule has 2 nitrogen and oxygen atoms in total. The summed E-state index contributed by atoms with van der Waals surface area (Å²) in [5, 5.41) is 0. The van der Waals surface area contributed by atoms with Crippen molar-refractivity contribution in [1.82, 2.24) is 0 Å². The number of ketones is 1. The fraction of sp³-hybridized carbons (Fsp3) is 0.316. The van der Waals surface area contributed by atoms with Gasteiger partial charge in [0.2, 0.25) is 0 Å². The van der Waals surface area contributed by atoms with E-state index in [1.165, 1.54) is 16.8 Å². The van der Waals surface area contributed by atoms with Gasteiger partial charge in [-0.3, -0.25) is 4.79 Å². The molecule has 1 aliphatic rings. The predicted molar refractivity (Wildman–Crippen MR) is 87.1 cm³/mol. The molecule has 0 saturated carbocycles. The van der Waals surface area contributed by atoms with Gasteiger partial charge >= 0.3 is 0 Å². The molecule has 1 aliphatic heterocycles. The monoisotopic (exact) mass is 279 g/mol. The van der Waals surface area contributed by atoms with Crippen molar-refractivity contribution < 1.29 is 4.79 Å². The highest BCUT2D eigenvalue weighted by Crippen LogP contribution is 2.30. The van der Waals surface area contributed by atoms with E-state index >= 15 is 0 Å². The lowest BCUT2D eigenvalue weighted by Crippen LogP contribution is -2.40. The topological polar surface area (TPSA) is 20.3 Å². The van der Waals surface area contributed by atoms with E-state index in [-0.39, 0.29) is 5.78 Å². The number of anilines is 1. The van der Waals surface area contributed by atoms with Crippen molar-refractivity contribution in [3.63, 3.8) is 0 Å². The average molecular weight is 279 g/mol. The van der Waals surface area contributed by atoms with Crippen LogP contribution in [0.15, 0.2) is 48.5 Å². The number of nitrogens with zero attached hydrogens (tertiary/aromatic N) is 1. The van der Waals surface area contributed by atoms with Gasteiger partial charge < -0.3 is 4.90 Å². The molecule has 0 aliphatic carbocycles. The highest BCUT2D eigenvalue weighted by Gasteiger charge is 2.24. The smallest absolute Gasteiger partial charge is 0.182 e. The van der Waals surface area contributed by atoms with Gasteiger partial charge in [0.15, 0.2) is 5.78 Å². The van der Waals surface area contributed by atoms with Gasteiger partial charge in [-0.05, 0) is 38.3 Å². The molecule has 1 unspecified atom stereocenters. The Kier molecular flexibility index (Phi) is 3.78. The summed E-state index contributed by atoms with van der Waals surface area (Å²) >= 11 is 0. The molecule has 0 fully saturated rings. The summed E-state index contributed by atoms with van der Waals surface area (Å²) in [6, 6.07) is 16.7. The molecule has 0 amide bonds. The van der Waals surface area contributed by atoms with Gasteiger partial charge in [0.25, 0.3) is 0 Å². The third kappa shape index (κ3) is 2.85. The van der Waals surface area contributed by atoms with E-state index in [1.807, 2.05) is 31.2 Å². The lowest BCUT2D eigenvalue weighted by atomic mass is 9.96. The molecular weight excluding hydrogens is 258 g/mol. The van der Waals surface area contributed by atoms with Crippen molar-refractivity contribution >= 4 is 11.5 Å². The summed E-state index contributed by atoms with van der Waals surface area (Å²) in [6.45, 7) is 4.71. The number of carbonyl (C=O) groups is 1. The number of benzene rings is 2. The van der Waals surface area contributed by atoms with Gasteiger partial charge in [-0.1, -0.05) is 48.0 Å². The Bertz CT molecular complexity index is 645. The summed E-state index contributed by atoms with van der Waals surface area (Å²) in [5.74, 6) is 0.193. The molecule has 2 aromatic rings. The van der Waals surface area contributed by atoms with Crippen LogP contribution >= 0.6 is 0 Å². The molecule has 0 radical (unpaired) electrons. The maximum atomic E-state index is 12.5. The molecular formula is C19H21NO. The minimum atomic E-state index is 0.193. The van der Waals surface area contributed by atoms with Crippen LogP contribution < -0.4 is 4.90 Å². The Morgan fingerprint density at radius 1 is 1.14 bits per heavy atom. The number of hydrogen-bond acceptors (Lipinski definition) is 2.